The minimum absolute atomic E-state index is 0.113. The standard InChI is InChI=1S/C15H21N3O/c1-3-13(16)10-14-17-15(19-18-14)9-8-12-6-4-11(2)5-7-12/h4-7,13H,3,8-10,16H2,1-2H3. The zero-order valence-electron chi connectivity index (χ0n) is 11.6. The van der Waals surface area contributed by atoms with Crippen LogP contribution in [-0.2, 0) is 19.3 Å². The van der Waals surface area contributed by atoms with Crippen molar-refractivity contribution < 1.29 is 4.52 Å². The molecule has 1 heterocycles. The summed E-state index contributed by atoms with van der Waals surface area (Å²) in [5.74, 6) is 1.41. The zero-order valence-corrected chi connectivity index (χ0v) is 11.6. The third-order valence-electron chi connectivity index (χ3n) is 3.23. The second-order valence-corrected chi connectivity index (χ2v) is 4.96. The summed E-state index contributed by atoms with van der Waals surface area (Å²) in [6, 6.07) is 8.63. The van der Waals surface area contributed by atoms with E-state index in [9.17, 15) is 0 Å². The first-order valence-corrected chi connectivity index (χ1v) is 6.80. The molecule has 0 bridgehead atoms. The third kappa shape index (κ3) is 4.17. The van der Waals surface area contributed by atoms with Crippen molar-refractivity contribution in [2.24, 2.45) is 5.73 Å². The van der Waals surface area contributed by atoms with E-state index in [1.165, 1.54) is 11.1 Å². The normalized spacial score (nSPS) is 12.6. The van der Waals surface area contributed by atoms with Crippen LogP contribution in [0.3, 0.4) is 0 Å². The van der Waals surface area contributed by atoms with Crippen LogP contribution in [0.5, 0.6) is 0 Å². The van der Waals surface area contributed by atoms with Crippen molar-refractivity contribution in [2.45, 2.75) is 45.6 Å². The monoisotopic (exact) mass is 259 g/mol. The van der Waals surface area contributed by atoms with E-state index in [-0.39, 0.29) is 6.04 Å². The lowest BCUT2D eigenvalue weighted by atomic mass is 10.1. The van der Waals surface area contributed by atoms with E-state index in [4.69, 9.17) is 10.3 Å². The van der Waals surface area contributed by atoms with Crippen LogP contribution in [0.2, 0.25) is 0 Å². The Morgan fingerprint density at radius 1 is 1.21 bits per heavy atom. The van der Waals surface area contributed by atoms with Crippen molar-refractivity contribution in [2.75, 3.05) is 0 Å². The van der Waals surface area contributed by atoms with Crippen molar-refractivity contribution in [1.82, 2.24) is 10.1 Å². The molecule has 102 valence electrons. The minimum atomic E-state index is 0.113. The SMILES string of the molecule is CCC(N)Cc1noc(CCc2ccc(C)cc2)n1. The molecule has 0 amide bonds. The maximum absolute atomic E-state index is 5.87. The number of hydrogen-bond acceptors (Lipinski definition) is 4. The lowest BCUT2D eigenvalue weighted by molar-refractivity contribution is 0.371. The van der Waals surface area contributed by atoms with Gasteiger partial charge in [-0.3, -0.25) is 0 Å². The van der Waals surface area contributed by atoms with Gasteiger partial charge in [-0.25, -0.2) is 0 Å². The number of nitrogens with zero attached hydrogens (tertiary/aromatic N) is 2. The van der Waals surface area contributed by atoms with Crippen LogP contribution in [-0.4, -0.2) is 16.2 Å². The fourth-order valence-corrected chi connectivity index (χ4v) is 1.86. The molecule has 0 radical (unpaired) electrons. The molecule has 0 spiro atoms. The largest absolute Gasteiger partial charge is 0.339 e. The molecular weight excluding hydrogens is 238 g/mol. The van der Waals surface area contributed by atoms with E-state index in [0.29, 0.717) is 18.1 Å². The van der Waals surface area contributed by atoms with Crippen molar-refractivity contribution in [3.8, 4) is 0 Å². The molecule has 4 nitrogen and oxygen atoms in total. The molecule has 19 heavy (non-hydrogen) atoms. The molecule has 2 rings (SSSR count). The third-order valence-corrected chi connectivity index (χ3v) is 3.23. The van der Waals surface area contributed by atoms with Gasteiger partial charge in [0.1, 0.15) is 0 Å². The number of rotatable bonds is 6. The number of hydrogen-bond donors (Lipinski definition) is 1. The first kappa shape index (κ1) is 13.7. The van der Waals surface area contributed by atoms with Gasteiger partial charge < -0.3 is 10.3 Å². The molecule has 1 atom stereocenters. The van der Waals surface area contributed by atoms with Gasteiger partial charge in [0.25, 0.3) is 0 Å². The maximum Gasteiger partial charge on any atom is 0.226 e. The van der Waals surface area contributed by atoms with Gasteiger partial charge >= 0.3 is 0 Å². The fraction of sp³-hybridized carbons (Fsp3) is 0.467. The predicted molar refractivity (Wildman–Crippen MR) is 74.9 cm³/mol. The van der Waals surface area contributed by atoms with Crippen LogP contribution in [0.25, 0.3) is 0 Å². The molecule has 2 N–H and O–H groups in total. The molecule has 1 aromatic heterocycles. The summed E-state index contributed by atoms with van der Waals surface area (Å²) in [6.45, 7) is 4.15. The highest BCUT2D eigenvalue weighted by molar-refractivity contribution is 5.21. The Balaban J connectivity index is 1.88. The Labute approximate surface area is 114 Å². The van der Waals surface area contributed by atoms with Crippen LogP contribution < -0.4 is 5.73 Å². The Morgan fingerprint density at radius 3 is 2.63 bits per heavy atom. The van der Waals surface area contributed by atoms with Crippen LogP contribution in [0.4, 0.5) is 0 Å². The van der Waals surface area contributed by atoms with Crippen molar-refractivity contribution in [3.05, 3.63) is 47.1 Å². The lowest BCUT2D eigenvalue weighted by Gasteiger charge is -2.02. The summed E-state index contributed by atoms with van der Waals surface area (Å²) in [5, 5.41) is 3.96. The smallest absolute Gasteiger partial charge is 0.226 e. The van der Waals surface area contributed by atoms with E-state index in [1.807, 2.05) is 0 Å². The molecular formula is C15H21N3O. The van der Waals surface area contributed by atoms with Gasteiger partial charge in [0.15, 0.2) is 5.82 Å². The van der Waals surface area contributed by atoms with E-state index < -0.39 is 0 Å². The van der Waals surface area contributed by atoms with E-state index in [2.05, 4.69) is 48.3 Å². The highest BCUT2D eigenvalue weighted by atomic mass is 16.5. The number of aryl methyl sites for hydroxylation is 3. The number of benzene rings is 1. The zero-order chi connectivity index (χ0) is 13.7. The predicted octanol–water partition coefficient (Wildman–Crippen LogP) is 2.44. The average molecular weight is 259 g/mol. The average Bonchev–Trinajstić information content (AvgIpc) is 2.85. The molecule has 0 aliphatic carbocycles. The molecule has 2 aromatic rings. The summed E-state index contributed by atoms with van der Waals surface area (Å²) < 4.78 is 5.24. The second kappa shape index (κ2) is 6.48. The first-order valence-electron chi connectivity index (χ1n) is 6.80. The van der Waals surface area contributed by atoms with E-state index >= 15 is 0 Å². The number of aromatic nitrogens is 2. The van der Waals surface area contributed by atoms with Crippen LogP contribution in [0.1, 0.15) is 36.2 Å². The Morgan fingerprint density at radius 2 is 1.95 bits per heavy atom. The van der Waals surface area contributed by atoms with Gasteiger partial charge in [0, 0.05) is 18.9 Å². The molecule has 0 saturated carbocycles. The van der Waals surface area contributed by atoms with Gasteiger partial charge in [-0.05, 0) is 25.3 Å². The van der Waals surface area contributed by atoms with Crippen LogP contribution in [0, 0.1) is 6.92 Å². The molecule has 1 unspecified atom stereocenters. The second-order valence-electron chi connectivity index (χ2n) is 4.96. The summed E-state index contributed by atoms with van der Waals surface area (Å²) in [6.07, 6.45) is 3.30. The van der Waals surface area contributed by atoms with Crippen LogP contribution >= 0.6 is 0 Å². The number of nitrogens with two attached hydrogens (primary N) is 1. The van der Waals surface area contributed by atoms with Gasteiger partial charge in [0.2, 0.25) is 5.89 Å². The summed E-state index contributed by atoms with van der Waals surface area (Å²) in [4.78, 5) is 4.37. The van der Waals surface area contributed by atoms with E-state index in [1.54, 1.807) is 0 Å². The fourth-order valence-electron chi connectivity index (χ4n) is 1.86. The Hall–Kier alpha value is -1.68. The highest BCUT2D eigenvalue weighted by Crippen LogP contribution is 2.08. The van der Waals surface area contributed by atoms with Crippen molar-refractivity contribution in [3.63, 3.8) is 0 Å². The van der Waals surface area contributed by atoms with Gasteiger partial charge in [-0.2, -0.15) is 4.98 Å². The summed E-state index contributed by atoms with van der Waals surface area (Å²) in [7, 11) is 0. The van der Waals surface area contributed by atoms with Gasteiger partial charge in [-0.15, -0.1) is 0 Å². The molecule has 0 aliphatic rings. The Bertz CT molecular complexity index is 504. The maximum atomic E-state index is 5.87. The molecule has 0 saturated heterocycles. The van der Waals surface area contributed by atoms with Crippen LogP contribution in [0.15, 0.2) is 28.8 Å². The summed E-state index contributed by atoms with van der Waals surface area (Å²) in [5.41, 5.74) is 8.43. The molecule has 4 heteroatoms. The van der Waals surface area contributed by atoms with Crippen molar-refractivity contribution in [1.29, 1.82) is 0 Å². The topological polar surface area (TPSA) is 64.9 Å². The quantitative estimate of drug-likeness (QED) is 0.865. The first-order chi connectivity index (χ1) is 9.17. The van der Waals surface area contributed by atoms with Crippen molar-refractivity contribution >= 4 is 0 Å². The lowest BCUT2D eigenvalue weighted by Crippen LogP contribution is -2.22. The summed E-state index contributed by atoms with van der Waals surface area (Å²) >= 11 is 0. The van der Waals surface area contributed by atoms with Gasteiger partial charge in [0.05, 0.1) is 0 Å². The highest BCUT2D eigenvalue weighted by Gasteiger charge is 2.09. The molecule has 0 fully saturated rings. The molecule has 0 aliphatic heterocycles. The van der Waals surface area contributed by atoms with Gasteiger partial charge in [-0.1, -0.05) is 41.9 Å². The molecule has 1 aromatic carbocycles. The Kier molecular flexibility index (Phi) is 4.68. The minimum Gasteiger partial charge on any atom is -0.339 e. The van der Waals surface area contributed by atoms with E-state index in [0.717, 1.165) is 19.3 Å².